The van der Waals surface area contributed by atoms with Gasteiger partial charge in [-0.2, -0.15) is 0 Å². The van der Waals surface area contributed by atoms with E-state index in [9.17, 15) is 4.79 Å². The van der Waals surface area contributed by atoms with Gasteiger partial charge in [-0.3, -0.25) is 9.78 Å². The van der Waals surface area contributed by atoms with Crippen LogP contribution in [0.3, 0.4) is 0 Å². The van der Waals surface area contributed by atoms with Crippen LogP contribution in [0, 0.1) is 0 Å². The van der Waals surface area contributed by atoms with E-state index in [1.54, 1.807) is 0 Å². The fraction of sp³-hybridized carbons (Fsp3) is 0.290. The lowest BCUT2D eigenvalue weighted by Crippen LogP contribution is -2.47. The van der Waals surface area contributed by atoms with Gasteiger partial charge in [0.15, 0.2) is 0 Å². The lowest BCUT2D eigenvalue weighted by molar-refractivity contribution is 0.0999. The number of carbonyl (C=O) groups is 1. The van der Waals surface area contributed by atoms with Crippen LogP contribution in [-0.4, -0.2) is 37.1 Å². The number of pyridine rings is 1. The molecule has 1 amide bonds. The van der Waals surface area contributed by atoms with E-state index in [0.717, 1.165) is 68.7 Å². The monoisotopic (exact) mass is 512 g/mol. The number of nitrogens with two attached hydrogens (primary N) is 1. The first-order valence-electron chi connectivity index (χ1n) is 13.0. The van der Waals surface area contributed by atoms with Crippen molar-refractivity contribution < 1.29 is 4.79 Å². The smallest absolute Gasteiger partial charge is 0.251 e. The SMILES string of the molecule is CCCCc1cc2c(c(N3CCN(c4cccc5ccncc45)CC3)c1C(N)=O)Cc1ccccc1-2.Cl. The van der Waals surface area contributed by atoms with Crippen molar-refractivity contribution >= 4 is 40.5 Å². The molecular weight excluding hydrogens is 480 g/mol. The summed E-state index contributed by atoms with van der Waals surface area (Å²) in [4.78, 5) is 22.2. The van der Waals surface area contributed by atoms with Crippen molar-refractivity contribution in [3.63, 3.8) is 0 Å². The number of hydrogen-bond acceptors (Lipinski definition) is 4. The Morgan fingerprint density at radius 2 is 1.76 bits per heavy atom. The van der Waals surface area contributed by atoms with Gasteiger partial charge in [-0.1, -0.05) is 49.7 Å². The molecule has 0 spiro atoms. The average Bonchev–Trinajstić information content (AvgIpc) is 3.29. The van der Waals surface area contributed by atoms with Crippen LogP contribution in [0.2, 0.25) is 0 Å². The third-order valence-electron chi connectivity index (χ3n) is 7.81. The first-order valence-corrected chi connectivity index (χ1v) is 13.0. The molecule has 2 N–H and O–H groups in total. The number of halogens is 1. The van der Waals surface area contributed by atoms with E-state index in [1.807, 2.05) is 12.4 Å². The molecule has 1 aliphatic heterocycles. The van der Waals surface area contributed by atoms with Gasteiger partial charge in [-0.25, -0.2) is 0 Å². The number of nitrogens with zero attached hydrogens (tertiary/aromatic N) is 3. The van der Waals surface area contributed by atoms with Crippen molar-refractivity contribution in [3.05, 3.63) is 89.2 Å². The lowest BCUT2D eigenvalue weighted by atomic mass is 9.91. The molecule has 37 heavy (non-hydrogen) atoms. The summed E-state index contributed by atoms with van der Waals surface area (Å²) >= 11 is 0. The molecule has 2 heterocycles. The Hall–Kier alpha value is -3.57. The van der Waals surface area contributed by atoms with E-state index in [4.69, 9.17) is 5.73 Å². The van der Waals surface area contributed by atoms with E-state index < -0.39 is 0 Å². The summed E-state index contributed by atoms with van der Waals surface area (Å²) in [6, 6.07) is 19.4. The summed E-state index contributed by atoms with van der Waals surface area (Å²) in [5.41, 5.74) is 15.4. The van der Waals surface area contributed by atoms with Gasteiger partial charge in [0.1, 0.15) is 0 Å². The molecule has 1 fully saturated rings. The second-order valence-electron chi connectivity index (χ2n) is 9.94. The topological polar surface area (TPSA) is 62.5 Å². The van der Waals surface area contributed by atoms with Crippen LogP contribution >= 0.6 is 12.4 Å². The van der Waals surface area contributed by atoms with E-state index >= 15 is 0 Å². The Balaban J connectivity index is 0.00000280. The zero-order valence-electron chi connectivity index (χ0n) is 21.2. The third kappa shape index (κ3) is 4.42. The van der Waals surface area contributed by atoms with Gasteiger partial charge in [0.25, 0.3) is 5.91 Å². The highest BCUT2D eigenvalue weighted by Gasteiger charge is 2.31. The van der Waals surface area contributed by atoms with Crippen molar-refractivity contribution in [2.75, 3.05) is 36.0 Å². The van der Waals surface area contributed by atoms with Gasteiger partial charge in [-0.15, -0.1) is 12.4 Å². The molecule has 0 atom stereocenters. The quantitative estimate of drug-likeness (QED) is 0.303. The fourth-order valence-electron chi connectivity index (χ4n) is 6.04. The first kappa shape index (κ1) is 25.1. The molecule has 6 heteroatoms. The number of unbranched alkanes of at least 4 members (excludes halogenated alkanes) is 1. The zero-order valence-corrected chi connectivity index (χ0v) is 22.1. The Morgan fingerprint density at radius 3 is 2.54 bits per heavy atom. The zero-order chi connectivity index (χ0) is 24.6. The first-order chi connectivity index (χ1) is 17.7. The molecule has 0 saturated carbocycles. The normalized spacial score (nSPS) is 14.3. The summed E-state index contributed by atoms with van der Waals surface area (Å²) in [5.74, 6) is -0.308. The molecule has 3 aromatic carbocycles. The molecule has 6 rings (SSSR count). The average molecular weight is 513 g/mol. The van der Waals surface area contributed by atoms with E-state index in [2.05, 4.69) is 76.3 Å². The Bertz CT molecular complexity index is 1450. The Labute approximate surface area is 224 Å². The number of aryl methyl sites for hydroxylation is 1. The summed E-state index contributed by atoms with van der Waals surface area (Å²) in [5, 5.41) is 2.39. The highest BCUT2D eigenvalue weighted by atomic mass is 35.5. The third-order valence-corrected chi connectivity index (χ3v) is 7.81. The van der Waals surface area contributed by atoms with Gasteiger partial charge in [0.05, 0.1) is 11.3 Å². The number of hydrogen-bond donors (Lipinski definition) is 1. The molecule has 0 bridgehead atoms. The second-order valence-corrected chi connectivity index (χ2v) is 9.94. The number of primary amides is 1. The van der Waals surface area contributed by atoms with Crippen molar-refractivity contribution in [2.24, 2.45) is 5.73 Å². The predicted molar refractivity (Wildman–Crippen MR) is 155 cm³/mol. The standard InChI is InChI=1S/C31H32N4O.ClH/c1-2-3-7-23-19-25-24-10-5-4-8-22(24)18-26(25)30(29(23)31(32)36)35-16-14-34(15-17-35)28-11-6-9-21-12-13-33-20-27(21)28;/h4-6,8-13,19-20H,2-3,7,14-18H2,1H3,(H2,32,36);1H. The van der Waals surface area contributed by atoms with E-state index in [0.29, 0.717) is 0 Å². The number of amides is 1. The van der Waals surface area contributed by atoms with Crippen LogP contribution in [0.15, 0.2) is 67.0 Å². The molecule has 1 aliphatic carbocycles. The fourth-order valence-corrected chi connectivity index (χ4v) is 6.04. The van der Waals surface area contributed by atoms with Crippen molar-refractivity contribution in [1.82, 2.24) is 4.98 Å². The highest BCUT2D eigenvalue weighted by molar-refractivity contribution is 6.04. The second kappa shape index (κ2) is 10.4. The highest BCUT2D eigenvalue weighted by Crippen LogP contribution is 2.45. The minimum Gasteiger partial charge on any atom is -0.367 e. The number of carbonyl (C=O) groups excluding carboxylic acids is 1. The largest absolute Gasteiger partial charge is 0.367 e. The molecule has 2 aliphatic rings. The molecule has 0 radical (unpaired) electrons. The molecule has 0 unspecified atom stereocenters. The number of anilines is 2. The van der Waals surface area contributed by atoms with Crippen molar-refractivity contribution in [2.45, 2.75) is 32.6 Å². The number of fused-ring (bicyclic) bond motifs is 4. The van der Waals surface area contributed by atoms with Crippen LogP contribution in [0.5, 0.6) is 0 Å². The molecule has 5 nitrogen and oxygen atoms in total. The Kier molecular flexibility index (Phi) is 7.07. The van der Waals surface area contributed by atoms with Crippen LogP contribution in [0.25, 0.3) is 21.9 Å². The predicted octanol–water partition coefficient (Wildman–Crippen LogP) is 6.00. The van der Waals surface area contributed by atoms with Gasteiger partial charge in [0, 0.05) is 56.1 Å². The van der Waals surface area contributed by atoms with Crippen molar-refractivity contribution in [3.8, 4) is 11.1 Å². The summed E-state index contributed by atoms with van der Waals surface area (Å²) in [6.45, 7) is 5.64. The van der Waals surface area contributed by atoms with E-state index in [1.165, 1.54) is 38.7 Å². The summed E-state index contributed by atoms with van der Waals surface area (Å²) in [7, 11) is 0. The number of benzene rings is 3. The van der Waals surface area contributed by atoms with Gasteiger partial charge in [-0.05, 0) is 64.2 Å². The van der Waals surface area contributed by atoms with Crippen LogP contribution in [-0.2, 0) is 12.8 Å². The van der Waals surface area contributed by atoms with Gasteiger partial charge in [0.2, 0.25) is 0 Å². The maximum atomic E-state index is 12.9. The van der Waals surface area contributed by atoms with Crippen LogP contribution in [0.4, 0.5) is 11.4 Å². The molecular formula is C31H33ClN4O. The lowest BCUT2D eigenvalue weighted by Gasteiger charge is -2.39. The minimum absolute atomic E-state index is 0. The molecule has 190 valence electrons. The molecule has 4 aromatic rings. The van der Waals surface area contributed by atoms with Crippen LogP contribution < -0.4 is 15.5 Å². The molecule has 1 saturated heterocycles. The van der Waals surface area contributed by atoms with E-state index in [-0.39, 0.29) is 18.3 Å². The maximum absolute atomic E-state index is 12.9. The van der Waals surface area contributed by atoms with Crippen LogP contribution in [0.1, 0.15) is 46.8 Å². The Morgan fingerprint density at radius 1 is 0.973 bits per heavy atom. The molecule has 1 aromatic heterocycles. The summed E-state index contributed by atoms with van der Waals surface area (Å²) < 4.78 is 0. The number of rotatable bonds is 6. The van der Waals surface area contributed by atoms with Gasteiger partial charge >= 0.3 is 0 Å². The maximum Gasteiger partial charge on any atom is 0.251 e. The van der Waals surface area contributed by atoms with Crippen molar-refractivity contribution in [1.29, 1.82) is 0 Å². The number of piperazine rings is 1. The van der Waals surface area contributed by atoms with Gasteiger partial charge < -0.3 is 15.5 Å². The number of aromatic nitrogens is 1. The summed E-state index contributed by atoms with van der Waals surface area (Å²) in [6.07, 6.45) is 7.66. The minimum atomic E-state index is -0.308.